The van der Waals surface area contributed by atoms with Gasteiger partial charge in [-0.2, -0.15) is 0 Å². The Balaban J connectivity index is 1.41. The van der Waals surface area contributed by atoms with Crippen LogP contribution in [0.15, 0.2) is 109 Å². The number of hydrogen-bond donors (Lipinski definition) is 0. The second kappa shape index (κ2) is 7.32. The molecule has 0 unspecified atom stereocenters. The molecule has 28 heavy (non-hydrogen) atoms. The Morgan fingerprint density at radius 1 is 0.429 bits per heavy atom. The van der Waals surface area contributed by atoms with Gasteiger partial charge in [-0.1, -0.05) is 103 Å². The van der Waals surface area contributed by atoms with Crippen LogP contribution in [-0.4, -0.2) is 0 Å². The van der Waals surface area contributed by atoms with Gasteiger partial charge in [0.05, 0.1) is 0 Å². The van der Waals surface area contributed by atoms with Crippen molar-refractivity contribution in [3.8, 4) is 11.1 Å². The van der Waals surface area contributed by atoms with Gasteiger partial charge >= 0.3 is 0 Å². The van der Waals surface area contributed by atoms with Crippen molar-refractivity contribution < 1.29 is 0 Å². The van der Waals surface area contributed by atoms with Crippen molar-refractivity contribution in [1.82, 2.24) is 0 Å². The number of rotatable bonds is 4. The van der Waals surface area contributed by atoms with E-state index >= 15 is 0 Å². The zero-order valence-corrected chi connectivity index (χ0v) is 15.8. The average Bonchev–Trinajstić information content (AvgIpc) is 2.78. The van der Waals surface area contributed by atoms with Gasteiger partial charge in [0.25, 0.3) is 0 Å². The van der Waals surface area contributed by atoms with E-state index in [1.807, 2.05) is 0 Å². The second-order valence-corrected chi connectivity index (χ2v) is 7.40. The highest BCUT2D eigenvalue weighted by Crippen LogP contribution is 2.26. The summed E-state index contributed by atoms with van der Waals surface area (Å²) in [5.74, 6) is 0. The van der Waals surface area contributed by atoms with E-state index in [1.165, 1.54) is 43.8 Å². The molecular formula is C28H22. The molecule has 0 nitrogen and oxygen atoms in total. The van der Waals surface area contributed by atoms with E-state index in [9.17, 15) is 0 Å². The van der Waals surface area contributed by atoms with Gasteiger partial charge in [0.1, 0.15) is 0 Å². The molecule has 0 radical (unpaired) electrons. The van der Waals surface area contributed by atoms with Gasteiger partial charge in [-0.3, -0.25) is 0 Å². The summed E-state index contributed by atoms with van der Waals surface area (Å²) in [7, 11) is 0. The number of hydrogen-bond acceptors (Lipinski definition) is 0. The molecule has 0 bridgehead atoms. The van der Waals surface area contributed by atoms with Gasteiger partial charge in [-0.05, 0) is 62.7 Å². The molecule has 5 aromatic carbocycles. The van der Waals surface area contributed by atoms with E-state index in [4.69, 9.17) is 0 Å². The van der Waals surface area contributed by atoms with E-state index in [2.05, 4.69) is 109 Å². The maximum Gasteiger partial charge on any atom is -0.0152 e. The third-order valence-corrected chi connectivity index (χ3v) is 5.57. The first-order valence-corrected chi connectivity index (χ1v) is 9.92. The smallest absolute Gasteiger partial charge is 0.0152 e. The maximum absolute atomic E-state index is 2.34. The summed E-state index contributed by atoms with van der Waals surface area (Å²) in [6.07, 6.45) is 2.12. The molecular weight excluding hydrogens is 336 g/mol. The lowest BCUT2D eigenvalue weighted by Crippen LogP contribution is -1.93. The topological polar surface area (TPSA) is 0 Å². The van der Waals surface area contributed by atoms with Crippen molar-refractivity contribution >= 4 is 21.5 Å². The van der Waals surface area contributed by atoms with Crippen LogP contribution in [0.2, 0.25) is 0 Å². The van der Waals surface area contributed by atoms with E-state index in [1.54, 1.807) is 0 Å². The summed E-state index contributed by atoms with van der Waals surface area (Å²) < 4.78 is 0. The molecule has 0 saturated carbocycles. The van der Waals surface area contributed by atoms with Crippen LogP contribution in [0.4, 0.5) is 0 Å². The van der Waals surface area contributed by atoms with Crippen LogP contribution in [0.1, 0.15) is 11.1 Å². The van der Waals surface area contributed by atoms with E-state index < -0.39 is 0 Å². The van der Waals surface area contributed by atoms with Crippen molar-refractivity contribution in [3.05, 3.63) is 120 Å². The lowest BCUT2D eigenvalue weighted by atomic mass is 9.96. The average molecular weight is 358 g/mol. The van der Waals surface area contributed by atoms with E-state index in [0.717, 1.165) is 12.8 Å². The molecule has 0 fully saturated rings. The lowest BCUT2D eigenvalue weighted by molar-refractivity contribution is 0.971. The minimum Gasteiger partial charge on any atom is -0.0622 e. The molecule has 0 aliphatic rings. The predicted octanol–water partition coefficient (Wildman–Crippen LogP) is 7.45. The van der Waals surface area contributed by atoms with Crippen molar-refractivity contribution in [3.63, 3.8) is 0 Å². The molecule has 134 valence electrons. The fourth-order valence-electron chi connectivity index (χ4n) is 4.05. The zero-order chi connectivity index (χ0) is 18.8. The molecule has 0 amide bonds. The Bertz CT molecular complexity index is 1240. The predicted molar refractivity (Wildman–Crippen MR) is 121 cm³/mol. The van der Waals surface area contributed by atoms with Crippen molar-refractivity contribution in [2.24, 2.45) is 0 Å². The van der Waals surface area contributed by atoms with Crippen LogP contribution >= 0.6 is 0 Å². The monoisotopic (exact) mass is 358 g/mol. The van der Waals surface area contributed by atoms with Gasteiger partial charge in [0.15, 0.2) is 0 Å². The normalized spacial score (nSPS) is 11.1. The second-order valence-electron chi connectivity index (χ2n) is 7.40. The zero-order valence-electron chi connectivity index (χ0n) is 15.8. The molecule has 5 aromatic rings. The Hall–Kier alpha value is -3.38. The van der Waals surface area contributed by atoms with E-state index in [0.29, 0.717) is 0 Å². The highest BCUT2D eigenvalue weighted by atomic mass is 14.1. The largest absolute Gasteiger partial charge is 0.0622 e. The summed E-state index contributed by atoms with van der Waals surface area (Å²) in [5, 5.41) is 5.32. The standard InChI is InChI=1S/C28H22/c1-2-7-22(8-3-1)26-18-17-25-19-21(14-16-27(25)20-26)13-15-24-11-6-10-23-9-4-5-12-28(23)24/h1-12,14,16-20H,13,15H2. The number of aryl methyl sites for hydroxylation is 2. The highest BCUT2D eigenvalue weighted by molar-refractivity contribution is 5.88. The first-order valence-electron chi connectivity index (χ1n) is 9.92. The third kappa shape index (κ3) is 3.30. The van der Waals surface area contributed by atoms with Crippen LogP contribution in [0.5, 0.6) is 0 Å². The summed E-state index contributed by atoms with van der Waals surface area (Å²) in [4.78, 5) is 0. The molecule has 0 atom stereocenters. The van der Waals surface area contributed by atoms with Gasteiger partial charge in [0, 0.05) is 0 Å². The molecule has 0 N–H and O–H groups in total. The fraction of sp³-hybridized carbons (Fsp3) is 0.0714. The number of benzene rings is 5. The molecule has 0 aliphatic carbocycles. The molecule has 0 spiro atoms. The third-order valence-electron chi connectivity index (χ3n) is 5.57. The molecule has 0 heterocycles. The number of fused-ring (bicyclic) bond motifs is 2. The lowest BCUT2D eigenvalue weighted by Gasteiger charge is -2.09. The summed E-state index contributed by atoms with van der Waals surface area (Å²) in [6.45, 7) is 0. The summed E-state index contributed by atoms with van der Waals surface area (Å²) in [5.41, 5.74) is 5.37. The van der Waals surface area contributed by atoms with Crippen molar-refractivity contribution in [1.29, 1.82) is 0 Å². The Kier molecular flexibility index (Phi) is 4.39. The highest BCUT2D eigenvalue weighted by Gasteiger charge is 2.04. The maximum atomic E-state index is 2.34. The van der Waals surface area contributed by atoms with Gasteiger partial charge < -0.3 is 0 Å². The Morgan fingerprint density at radius 2 is 1.18 bits per heavy atom. The van der Waals surface area contributed by atoms with Crippen LogP contribution < -0.4 is 0 Å². The van der Waals surface area contributed by atoms with Crippen LogP contribution in [0, 0.1) is 0 Å². The van der Waals surface area contributed by atoms with Gasteiger partial charge in [0.2, 0.25) is 0 Å². The Morgan fingerprint density at radius 3 is 2.11 bits per heavy atom. The fourth-order valence-corrected chi connectivity index (χ4v) is 4.05. The summed E-state index contributed by atoms with van der Waals surface area (Å²) >= 11 is 0. The van der Waals surface area contributed by atoms with Gasteiger partial charge in [-0.15, -0.1) is 0 Å². The summed E-state index contributed by atoms with van der Waals surface area (Å²) in [6, 6.07) is 39.5. The molecule has 0 aromatic heterocycles. The van der Waals surface area contributed by atoms with Crippen LogP contribution in [-0.2, 0) is 12.8 Å². The van der Waals surface area contributed by atoms with Crippen molar-refractivity contribution in [2.75, 3.05) is 0 Å². The molecule has 0 aliphatic heterocycles. The van der Waals surface area contributed by atoms with Crippen LogP contribution in [0.3, 0.4) is 0 Å². The van der Waals surface area contributed by atoms with Gasteiger partial charge in [-0.25, -0.2) is 0 Å². The van der Waals surface area contributed by atoms with E-state index in [-0.39, 0.29) is 0 Å². The Labute approximate surface area is 166 Å². The minimum absolute atomic E-state index is 1.06. The SMILES string of the molecule is c1ccc(-c2ccc3cc(CCc4cccc5ccccc45)ccc3c2)cc1. The molecule has 5 rings (SSSR count). The van der Waals surface area contributed by atoms with Crippen molar-refractivity contribution in [2.45, 2.75) is 12.8 Å². The van der Waals surface area contributed by atoms with Crippen LogP contribution in [0.25, 0.3) is 32.7 Å². The quantitative estimate of drug-likeness (QED) is 0.313. The molecule has 0 saturated heterocycles. The minimum atomic E-state index is 1.06. The first kappa shape index (κ1) is 16.8. The molecule has 0 heteroatoms. The first-order chi connectivity index (χ1) is 13.9.